The van der Waals surface area contributed by atoms with Crippen LogP contribution in [0.2, 0.25) is 0 Å². The van der Waals surface area contributed by atoms with Crippen LogP contribution in [0.5, 0.6) is 0 Å². The van der Waals surface area contributed by atoms with Crippen molar-refractivity contribution in [2.45, 2.75) is 26.3 Å². The Balaban J connectivity index is 3.09. The van der Waals surface area contributed by atoms with Gasteiger partial charge in [-0.1, -0.05) is 0 Å². The minimum Gasteiger partial charge on any atom is -0.335 e. The molecule has 1 aromatic rings. The molecule has 102 valence electrons. The number of nitrogens with zero attached hydrogens (tertiary/aromatic N) is 3. The number of nitriles is 1. The third kappa shape index (κ3) is 3.91. The average Bonchev–Trinajstić information content (AvgIpc) is 2.38. The van der Waals surface area contributed by atoms with Crippen molar-refractivity contribution in [3.63, 3.8) is 0 Å². The third-order valence-electron chi connectivity index (χ3n) is 2.57. The number of carbonyl (C=O) groups is 1. The Labute approximate surface area is 120 Å². The van der Waals surface area contributed by atoms with E-state index in [9.17, 15) is 4.79 Å². The molecule has 0 aliphatic rings. The summed E-state index contributed by atoms with van der Waals surface area (Å²) in [5.41, 5.74) is 2.79. The number of nitrogens with two attached hydrogens (primary N) is 1. The first-order valence-electron chi connectivity index (χ1n) is 5.81. The Morgan fingerprint density at radius 1 is 1.68 bits per heavy atom. The zero-order chi connectivity index (χ0) is 14.4. The molecule has 0 saturated heterocycles. The summed E-state index contributed by atoms with van der Waals surface area (Å²) in [7, 11) is 0. The molecule has 0 radical (unpaired) electrons. The van der Waals surface area contributed by atoms with Crippen LogP contribution in [-0.2, 0) is 0 Å². The molecule has 6 nitrogen and oxygen atoms in total. The maximum atomic E-state index is 12.5. The quantitative estimate of drug-likeness (QED) is 0.636. The van der Waals surface area contributed by atoms with Crippen LogP contribution in [-0.4, -0.2) is 28.4 Å². The molecular formula is C12H16BrN5O. The highest BCUT2D eigenvalue weighted by Crippen LogP contribution is 2.20. The van der Waals surface area contributed by atoms with Crippen molar-refractivity contribution in [1.29, 1.82) is 5.26 Å². The Bertz CT molecular complexity index is 497. The van der Waals surface area contributed by atoms with Crippen molar-refractivity contribution in [2.75, 3.05) is 12.0 Å². The second-order valence-electron chi connectivity index (χ2n) is 4.19. The van der Waals surface area contributed by atoms with E-state index in [-0.39, 0.29) is 18.4 Å². The lowest BCUT2D eigenvalue weighted by Gasteiger charge is -2.26. The summed E-state index contributed by atoms with van der Waals surface area (Å²) in [5.74, 6) is 5.48. The number of nitrogens with one attached hydrogen (secondary N) is 1. The molecule has 0 saturated carbocycles. The molecule has 19 heavy (non-hydrogen) atoms. The van der Waals surface area contributed by atoms with Crippen LogP contribution in [0.25, 0.3) is 0 Å². The molecule has 0 spiro atoms. The van der Waals surface area contributed by atoms with Crippen molar-refractivity contribution in [3.05, 3.63) is 22.3 Å². The van der Waals surface area contributed by atoms with Crippen LogP contribution in [0.3, 0.4) is 0 Å². The number of carbonyl (C=O) groups excluding carboxylic acids is 1. The van der Waals surface area contributed by atoms with Crippen LogP contribution in [0, 0.1) is 11.3 Å². The van der Waals surface area contributed by atoms with Gasteiger partial charge < -0.3 is 10.3 Å². The second-order valence-corrected chi connectivity index (χ2v) is 5.11. The zero-order valence-electron chi connectivity index (χ0n) is 10.9. The molecule has 0 aliphatic heterocycles. The standard InChI is InChI=1S/C12H16BrN5O/c1-8(2)18(5-3-4-14)12(19)10-6-9(13)7-16-11(10)17-15/h6-8H,3,5,15H2,1-2H3,(H,16,17). The minimum absolute atomic E-state index is 0.00884. The first kappa shape index (κ1) is 15.4. The fourth-order valence-corrected chi connectivity index (χ4v) is 1.97. The first-order valence-corrected chi connectivity index (χ1v) is 6.60. The molecule has 3 N–H and O–H groups in total. The number of hydrazine groups is 1. The van der Waals surface area contributed by atoms with Crippen molar-refractivity contribution < 1.29 is 4.79 Å². The normalized spacial score (nSPS) is 10.1. The SMILES string of the molecule is CC(C)N(CCC#N)C(=O)c1cc(Br)cnc1NN. The van der Waals surface area contributed by atoms with E-state index >= 15 is 0 Å². The number of pyridine rings is 1. The molecule has 1 heterocycles. The van der Waals surface area contributed by atoms with Crippen molar-refractivity contribution in [3.8, 4) is 6.07 Å². The van der Waals surface area contributed by atoms with Gasteiger partial charge in [-0.25, -0.2) is 10.8 Å². The maximum Gasteiger partial charge on any atom is 0.257 e. The number of nitrogen functional groups attached to an aromatic ring is 1. The van der Waals surface area contributed by atoms with Gasteiger partial charge in [0, 0.05) is 23.3 Å². The molecule has 1 amide bonds. The van der Waals surface area contributed by atoms with E-state index in [1.807, 2.05) is 19.9 Å². The van der Waals surface area contributed by atoms with Gasteiger partial charge >= 0.3 is 0 Å². The monoisotopic (exact) mass is 325 g/mol. The molecular weight excluding hydrogens is 310 g/mol. The van der Waals surface area contributed by atoms with E-state index in [4.69, 9.17) is 11.1 Å². The smallest absolute Gasteiger partial charge is 0.257 e. The number of halogens is 1. The fraction of sp³-hybridized carbons (Fsp3) is 0.417. The summed E-state index contributed by atoms with van der Waals surface area (Å²) in [6, 6.07) is 3.69. The summed E-state index contributed by atoms with van der Waals surface area (Å²) in [4.78, 5) is 18.1. The lowest BCUT2D eigenvalue weighted by atomic mass is 10.2. The molecule has 1 rings (SSSR count). The Morgan fingerprint density at radius 2 is 2.37 bits per heavy atom. The van der Waals surface area contributed by atoms with Gasteiger partial charge in [0.2, 0.25) is 0 Å². The molecule has 0 fully saturated rings. The van der Waals surface area contributed by atoms with Crippen molar-refractivity contribution >= 4 is 27.7 Å². The summed E-state index contributed by atoms with van der Waals surface area (Å²) < 4.78 is 0.693. The second kappa shape index (κ2) is 7.07. The van der Waals surface area contributed by atoms with Crippen LogP contribution in [0.15, 0.2) is 16.7 Å². The average molecular weight is 326 g/mol. The molecule has 0 aromatic carbocycles. The van der Waals surface area contributed by atoms with Gasteiger partial charge in [-0.15, -0.1) is 0 Å². The molecule has 0 atom stereocenters. The summed E-state index contributed by atoms with van der Waals surface area (Å²) >= 11 is 3.28. The van der Waals surface area contributed by atoms with E-state index in [0.29, 0.717) is 22.4 Å². The Hall–Kier alpha value is -1.65. The van der Waals surface area contributed by atoms with E-state index < -0.39 is 0 Å². The molecule has 0 unspecified atom stereocenters. The maximum absolute atomic E-state index is 12.5. The number of amides is 1. The van der Waals surface area contributed by atoms with Crippen LogP contribution >= 0.6 is 15.9 Å². The van der Waals surface area contributed by atoms with Crippen LogP contribution < -0.4 is 11.3 Å². The first-order chi connectivity index (χ1) is 9.01. The number of rotatable bonds is 5. The Morgan fingerprint density at radius 3 is 2.89 bits per heavy atom. The van der Waals surface area contributed by atoms with E-state index in [1.54, 1.807) is 17.2 Å². The van der Waals surface area contributed by atoms with E-state index in [2.05, 4.69) is 26.3 Å². The van der Waals surface area contributed by atoms with Gasteiger partial charge in [0.1, 0.15) is 0 Å². The number of hydrogen-bond acceptors (Lipinski definition) is 5. The van der Waals surface area contributed by atoms with Crippen molar-refractivity contribution in [2.24, 2.45) is 5.84 Å². The van der Waals surface area contributed by atoms with Gasteiger partial charge in [-0.05, 0) is 35.8 Å². The van der Waals surface area contributed by atoms with Gasteiger partial charge in [-0.2, -0.15) is 5.26 Å². The number of aromatic nitrogens is 1. The van der Waals surface area contributed by atoms with Crippen LogP contribution in [0.4, 0.5) is 5.82 Å². The predicted molar refractivity (Wildman–Crippen MR) is 76.1 cm³/mol. The van der Waals surface area contributed by atoms with E-state index in [1.165, 1.54) is 0 Å². The van der Waals surface area contributed by atoms with Crippen LogP contribution in [0.1, 0.15) is 30.6 Å². The van der Waals surface area contributed by atoms with E-state index in [0.717, 1.165) is 0 Å². The number of hydrogen-bond donors (Lipinski definition) is 2. The predicted octanol–water partition coefficient (Wildman–Crippen LogP) is 1.89. The molecule has 1 aromatic heterocycles. The highest BCUT2D eigenvalue weighted by molar-refractivity contribution is 9.10. The lowest BCUT2D eigenvalue weighted by Crippen LogP contribution is -2.38. The lowest BCUT2D eigenvalue weighted by molar-refractivity contribution is 0.0711. The highest BCUT2D eigenvalue weighted by atomic mass is 79.9. The largest absolute Gasteiger partial charge is 0.335 e. The summed E-state index contributed by atoms with van der Waals surface area (Å²) in [6.07, 6.45) is 1.84. The summed E-state index contributed by atoms with van der Waals surface area (Å²) in [6.45, 7) is 4.18. The van der Waals surface area contributed by atoms with Gasteiger partial charge in [-0.3, -0.25) is 4.79 Å². The highest BCUT2D eigenvalue weighted by Gasteiger charge is 2.22. The van der Waals surface area contributed by atoms with Gasteiger partial charge in [0.15, 0.2) is 5.82 Å². The molecule has 0 bridgehead atoms. The topological polar surface area (TPSA) is 95.0 Å². The number of anilines is 1. The minimum atomic E-state index is -0.202. The molecule has 7 heteroatoms. The van der Waals surface area contributed by atoms with Gasteiger partial charge in [0.25, 0.3) is 5.91 Å². The molecule has 0 aliphatic carbocycles. The third-order valence-corrected chi connectivity index (χ3v) is 3.00. The summed E-state index contributed by atoms with van der Waals surface area (Å²) in [5, 5.41) is 8.65. The fourth-order valence-electron chi connectivity index (χ4n) is 1.64. The zero-order valence-corrected chi connectivity index (χ0v) is 12.4. The Kier molecular flexibility index (Phi) is 5.73. The van der Waals surface area contributed by atoms with Crippen molar-refractivity contribution in [1.82, 2.24) is 9.88 Å². The van der Waals surface area contributed by atoms with Gasteiger partial charge in [0.05, 0.1) is 18.1 Å².